The molecule has 0 aliphatic rings. The largest absolute Gasteiger partial charge is 0.462 e. The Hall–Kier alpha value is -1.85. The second kappa shape index (κ2) is 8.13. The Labute approximate surface area is 144 Å². The summed E-state index contributed by atoms with van der Waals surface area (Å²) in [6.45, 7) is 4.04. The first-order valence-electron chi connectivity index (χ1n) is 7.38. The number of thiophene rings is 1. The number of ether oxygens (including phenoxy) is 1. The highest BCUT2D eigenvalue weighted by atomic mass is 35.5. The van der Waals surface area contributed by atoms with Crippen molar-refractivity contribution in [3.63, 3.8) is 0 Å². The predicted molar refractivity (Wildman–Crippen MR) is 93.4 cm³/mol. The zero-order valence-corrected chi connectivity index (χ0v) is 14.6. The van der Waals surface area contributed by atoms with Crippen LogP contribution in [0.15, 0.2) is 30.3 Å². The molecule has 1 aromatic carbocycles. The number of carbonyl (C=O) groups excluding carboxylic acids is 2. The highest BCUT2D eigenvalue weighted by Crippen LogP contribution is 2.29. The molecule has 0 saturated heterocycles. The van der Waals surface area contributed by atoms with Crippen LogP contribution in [0.4, 0.5) is 5.00 Å². The smallest absolute Gasteiger partial charge is 0.341 e. The number of benzene rings is 1. The quantitative estimate of drug-likeness (QED) is 0.788. The van der Waals surface area contributed by atoms with Crippen LogP contribution in [-0.2, 0) is 22.4 Å². The fourth-order valence-corrected chi connectivity index (χ4v) is 3.26. The Morgan fingerprint density at radius 3 is 2.65 bits per heavy atom. The summed E-state index contributed by atoms with van der Waals surface area (Å²) in [5.74, 6) is -0.635. The van der Waals surface area contributed by atoms with Crippen LogP contribution in [0.3, 0.4) is 0 Å². The van der Waals surface area contributed by atoms with Gasteiger partial charge in [-0.05, 0) is 31.0 Å². The number of carbonyl (C=O) groups is 2. The van der Waals surface area contributed by atoms with Crippen LogP contribution in [-0.4, -0.2) is 18.5 Å². The topological polar surface area (TPSA) is 55.4 Å². The molecule has 0 spiro atoms. The molecule has 0 unspecified atom stereocenters. The second-order valence-corrected chi connectivity index (χ2v) is 6.39. The van der Waals surface area contributed by atoms with E-state index in [4.69, 9.17) is 16.3 Å². The predicted octanol–water partition coefficient (Wildman–Crippen LogP) is 4.32. The number of halogens is 1. The van der Waals surface area contributed by atoms with Crippen molar-refractivity contribution >= 4 is 39.8 Å². The van der Waals surface area contributed by atoms with E-state index < -0.39 is 5.97 Å². The zero-order chi connectivity index (χ0) is 16.8. The van der Waals surface area contributed by atoms with Crippen molar-refractivity contribution in [3.05, 3.63) is 51.4 Å². The molecule has 0 aliphatic carbocycles. The van der Waals surface area contributed by atoms with Gasteiger partial charge in [0.25, 0.3) is 0 Å². The Balaban J connectivity index is 2.15. The average molecular weight is 352 g/mol. The van der Waals surface area contributed by atoms with Crippen LogP contribution in [0.1, 0.15) is 34.6 Å². The second-order valence-electron chi connectivity index (χ2n) is 4.85. The normalized spacial score (nSPS) is 10.4. The van der Waals surface area contributed by atoms with Gasteiger partial charge in [0.2, 0.25) is 5.91 Å². The molecule has 1 aromatic heterocycles. The van der Waals surface area contributed by atoms with Crippen molar-refractivity contribution in [1.82, 2.24) is 0 Å². The van der Waals surface area contributed by atoms with E-state index in [0.717, 1.165) is 16.9 Å². The summed E-state index contributed by atoms with van der Waals surface area (Å²) in [5, 5.41) is 3.88. The summed E-state index contributed by atoms with van der Waals surface area (Å²) >= 11 is 7.46. The Kier molecular flexibility index (Phi) is 6.19. The molecule has 1 N–H and O–H groups in total. The number of anilines is 1. The summed E-state index contributed by atoms with van der Waals surface area (Å²) in [5.41, 5.74) is 1.15. The van der Waals surface area contributed by atoms with Gasteiger partial charge in [0.05, 0.1) is 18.6 Å². The van der Waals surface area contributed by atoms with Gasteiger partial charge in [0.1, 0.15) is 5.00 Å². The number of aryl methyl sites for hydroxylation is 1. The molecule has 0 fully saturated rings. The molecule has 0 bridgehead atoms. The summed E-state index contributed by atoms with van der Waals surface area (Å²) in [7, 11) is 0. The first kappa shape index (κ1) is 17.5. The van der Waals surface area contributed by atoms with E-state index in [1.165, 1.54) is 11.3 Å². The van der Waals surface area contributed by atoms with E-state index in [9.17, 15) is 9.59 Å². The van der Waals surface area contributed by atoms with E-state index in [1.807, 2.05) is 19.1 Å². The van der Waals surface area contributed by atoms with Gasteiger partial charge in [0.15, 0.2) is 0 Å². The summed E-state index contributed by atoms with van der Waals surface area (Å²) < 4.78 is 5.04. The van der Waals surface area contributed by atoms with E-state index in [1.54, 1.807) is 25.1 Å². The van der Waals surface area contributed by atoms with Crippen molar-refractivity contribution in [2.24, 2.45) is 0 Å². The lowest BCUT2D eigenvalue weighted by Crippen LogP contribution is -2.16. The molecule has 1 heterocycles. The Morgan fingerprint density at radius 2 is 2.00 bits per heavy atom. The van der Waals surface area contributed by atoms with Gasteiger partial charge in [-0.3, -0.25) is 4.79 Å². The lowest BCUT2D eigenvalue weighted by molar-refractivity contribution is -0.115. The first-order chi connectivity index (χ1) is 11.0. The molecule has 2 rings (SSSR count). The van der Waals surface area contributed by atoms with Crippen LogP contribution < -0.4 is 5.32 Å². The number of nitrogens with one attached hydrogen (secondary N) is 1. The van der Waals surface area contributed by atoms with Crippen molar-refractivity contribution in [2.75, 3.05) is 11.9 Å². The van der Waals surface area contributed by atoms with Gasteiger partial charge in [-0.15, -0.1) is 11.3 Å². The Bertz CT molecular complexity index is 712. The van der Waals surface area contributed by atoms with Crippen LogP contribution in [0, 0.1) is 0 Å². The molecule has 0 atom stereocenters. The van der Waals surface area contributed by atoms with Gasteiger partial charge in [0, 0.05) is 9.90 Å². The minimum atomic E-state index is -0.420. The minimum absolute atomic E-state index is 0.154. The standard InChI is InChI=1S/C17H18ClNO3S/c1-3-12-10-13(17(21)22-4-2)16(23-12)19-15(20)9-11-7-5-6-8-14(11)18/h5-8,10H,3-4,9H2,1-2H3,(H,19,20). The third-order valence-electron chi connectivity index (χ3n) is 3.19. The molecule has 0 saturated carbocycles. The van der Waals surface area contributed by atoms with Crippen molar-refractivity contribution in [2.45, 2.75) is 26.7 Å². The van der Waals surface area contributed by atoms with E-state index >= 15 is 0 Å². The van der Waals surface area contributed by atoms with Crippen molar-refractivity contribution < 1.29 is 14.3 Å². The maximum atomic E-state index is 12.2. The van der Waals surface area contributed by atoms with Crippen molar-refractivity contribution in [1.29, 1.82) is 0 Å². The number of hydrogen-bond donors (Lipinski definition) is 1. The molecule has 0 radical (unpaired) electrons. The highest BCUT2D eigenvalue weighted by Gasteiger charge is 2.19. The van der Waals surface area contributed by atoms with Gasteiger partial charge in [-0.1, -0.05) is 36.7 Å². The lowest BCUT2D eigenvalue weighted by Gasteiger charge is -2.07. The third-order valence-corrected chi connectivity index (χ3v) is 4.75. The monoisotopic (exact) mass is 351 g/mol. The average Bonchev–Trinajstić information content (AvgIpc) is 2.93. The molecule has 23 heavy (non-hydrogen) atoms. The van der Waals surface area contributed by atoms with Gasteiger partial charge >= 0.3 is 5.97 Å². The molecule has 6 heteroatoms. The summed E-state index contributed by atoms with van der Waals surface area (Å²) in [6, 6.07) is 8.97. The molecular formula is C17H18ClNO3S. The van der Waals surface area contributed by atoms with Crippen LogP contribution in [0.5, 0.6) is 0 Å². The molecule has 122 valence electrons. The SMILES string of the molecule is CCOC(=O)c1cc(CC)sc1NC(=O)Cc1ccccc1Cl. The van der Waals surface area contributed by atoms with E-state index in [0.29, 0.717) is 22.2 Å². The summed E-state index contributed by atoms with van der Waals surface area (Å²) in [4.78, 5) is 25.3. The molecular weight excluding hydrogens is 334 g/mol. The van der Waals surface area contributed by atoms with Gasteiger partial charge < -0.3 is 10.1 Å². The van der Waals surface area contributed by atoms with Gasteiger partial charge in [-0.2, -0.15) is 0 Å². The molecule has 1 amide bonds. The van der Waals surface area contributed by atoms with Crippen LogP contribution >= 0.6 is 22.9 Å². The molecule has 2 aromatic rings. The van der Waals surface area contributed by atoms with Gasteiger partial charge in [-0.25, -0.2) is 4.79 Å². The number of hydrogen-bond acceptors (Lipinski definition) is 4. The number of esters is 1. The van der Waals surface area contributed by atoms with Crippen molar-refractivity contribution in [3.8, 4) is 0 Å². The fourth-order valence-electron chi connectivity index (χ4n) is 2.06. The Morgan fingerprint density at radius 1 is 1.26 bits per heavy atom. The van der Waals surface area contributed by atoms with Crippen LogP contribution in [0.25, 0.3) is 0 Å². The zero-order valence-electron chi connectivity index (χ0n) is 13.0. The highest BCUT2D eigenvalue weighted by molar-refractivity contribution is 7.16. The van der Waals surface area contributed by atoms with E-state index in [2.05, 4.69) is 5.32 Å². The maximum absolute atomic E-state index is 12.2. The molecule has 0 aliphatic heterocycles. The van der Waals surface area contributed by atoms with E-state index in [-0.39, 0.29) is 12.3 Å². The third kappa shape index (κ3) is 4.56. The minimum Gasteiger partial charge on any atom is -0.462 e. The van der Waals surface area contributed by atoms with Crippen LogP contribution in [0.2, 0.25) is 5.02 Å². The number of rotatable bonds is 6. The lowest BCUT2D eigenvalue weighted by atomic mass is 10.1. The maximum Gasteiger partial charge on any atom is 0.341 e. The molecule has 4 nitrogen and oxygen atoms in total. The fraction of sp³-hybridized carbons (Fsp3) is 0.294. The summed E-state index contributed by atoms with van der Waals surface area (Å²) in [6.07, 6.45) is 0.943. The number of amides is 1. The first-order valence-corrected chi connectivity index (χ1v) is 8.57.